The Morgan fingerprint density at radius 1 is 1.31 bits per heavy atom. The maximum atomic E-state index is 11.4. The van der Waals surface area contributed by atoms with Crippen molar-refractivity contribution in [3.63, 3.8) is 0 Å². The third kappa shape index (κ3) is 4.59. The lowest BCUT2D eigenvalue weighted by Crippen LogP contribution is -1.98. The normalized spacial score (nSPS) is 12.0. The van der Waals surface area contributed by atoms with Crippen LogP contribution in [0.5, 0.6) is 5.75 Å². The Hall–Kier alpha value is -2.45. The molecule has 0 aliphatic rings. The minimum Gasteiger partial charge on any atom is -0.486 e. The second-order valence-electron chi connectivity index (χ2n) is 5.26. The van der Waals surface area contributed by atoms with Crippen molar-refractivity contribution in [2.45, 2.75) is 23.9 Å². The molecule has 3 rings (SSSR count). The van der Waals surface area contributed by atoms with E-state index in [2.05, 4.69) is 19.9 Å². The van der Waals surface area contributed by atoms with Crippen molar-refractivity contribution < 1.29 is 18.7 Å². The molecule has 2 heterocycles. The lowest BCUT2D eigenvalue weighted by molar-refractivity contribution is 0.0563. The number of rotatable bonds is 7. The summed E-state index contributed by atoms with van der Waals surface area (Å²) in [5.41, 5.74) is 0. The fraction of sp³-hybridized carbons (Fsp3) is 0.235. The summed E-state index contributed by atoms with van der Waals surface area (Å²) in [6, 6.07) is 10.4. The van der Waals surface area contributed by atoms with Crippen LogP contribution >= 0.6 is 23.4 Å². The molecule has 26 heavy (non-hydrogen) atoms. The molecule has 1 N–H and O–H groups in total. The molecular formula is C17H16ClN3O4S. The predicted molar refractivity (Wildman–Crippen MR) is 96.5 cm³/mol. The van der Waals surface area contributed by atoms with Gasteiger partial charge in [0.2, 0.25) is 10.9 Å². The number of hydrogen-bond donors (Lipinski definition) is 1. The molecular weight excluding hydrogens is 378 g/mol. The number of esters is 1. The zero-order chi connectivity index (χ0) is 18.5. The number of nitrogens with zero attached hydrogens (tertiary/aromatic N) is 2. The van der Waals surface area contributed by atoms with E-state index >= 15 is 0 Å². The summed E-state index contributed by atoms with van der Waals surface area (Å²) in [6.07, 6.45) is 0. The first-order chi connectivity index (χ1) is 12.5. The number of furan rings is 1. The molecule has 1 unspecified atom stereocenters. The number of thioether (sulfide) groups is 1. The maximum Gasteiger partial charge on any atom is 0.373 e. The number of aromatic nitrogens is 3. The number of ether oxygens (including phenoxy) is 2. The largest absolute Gasteiger partial charge is 0.486 e. The number of H-pyrrole nitrogens is 1. The summed E-state index contributed by atoms with van der Waals surface area (Å²) in [4.78, 5) is 15.8. The number of carbonyl (C=O) groups excluding carboxylic acids is 1. The molecule has 0 saturated carbocycles. The Kier molecular flexibility index (Phi) is 5.85. The summed E-state index contributed by atoms with van der Waals surface area (Å²) in [5.74, 6) is 1.60. The van der Waals surface area contributed by atoms with Crippen molar-refractivity contribution in [1.29, 1.82) is 0 Å². The van der Waals surface area contributed by atoms with Crippen LogP contribution in [0.1, 0.15) is 34.3 Å². The number of benzene rings is 1. The van der Waals surface area contributed by atoms with Gasteiger partial charge < -0.3 is 13.9 Å². The third-order valence-corrected chi connectivity index (χ3v) is 4.63. The fourth-order valence-electron chi connectivity index (χ4n) is 2.08. The van der Waals surface area contributed by atoms with E-state index in [1.165, 1.54) is 18.9 Å². The van der Waals surface area contributed by atoms with Gasteiger partial charge in [0.1, 0.15) is 18.1 Å². The van der Waals surface area contributed by atoms with Crippen LogP contribution in [-0.2, 0) is 11.3 Å². The van der Waals surface area contributed by atoms with Gasteiger partial charge in [-0.2, -0.15) is 0 Å². The number of halogens is 1. The van der Waals surface area contributed by atoms with Crippen molar-refractivity contribution in [3.8, 4) is 5.75 Å². The zero-order valence-corrected chi connectivity index (χ0v) is 15.6. The predicted octanol–water partition coefficient (Wildman–Crippen LogP) is 4.27. The SMILES string of the molecule is COC(=O)c1ccc(C(C)Sc2n[nH]c(COc3ccc(Cl)cc3)n2)o1. The van der Waals surface area contributed by atoms with E-state index in [-0.39, 0.29) is 17.6 Å². The van der Waals surface area contributed by atoms with E-state index in [4.69, 9.17) is 20.8 Å². The van der Waals surface area contributed by atoms with Gasteiger partial charge in [-0.15, -0.1) is 5.10 Å². The maximum absolute atomic E-state index is 11.4. The Morgan fingerprint density at radius 2 is 2.08 bits per heavy atom. The van der Waals surface area contributed by atoms with Crippen molar-refractivity contribution in [1.82, 2.24) is 15.2 Å². The first kappa shape index (κ1) is 18.3. The summed E-state index contributed by atoms with van der Waals surface area (Å²) in [6.45, 7) is 2.20. The van der Waals surface area contributed by atoms with Gasteiger partial charge in [0, 0.05) is 5.02 Å². The van der Waals surface area contributed by atoms with Gasteiger partial charge in [0.15, 0.2) is 5.82 Å². The van der Waals surface area contributed by atoms with E-state index in [1.807, 2.05) is 6.92 Å². The van der Waals surface area contributed by atoms with E-state index < -0.39 is 5.97 Å². The Labute approximate surface area is 159 Å². The lowest BCUT2D eigenvalue weighted by atomic mass is 10.3. The molecule has 0 fully saturated rings. The molecule has 0 radical (unpaired) electrons. The van der Waals surface area contributed by atoms with Crippen molar-refractivity contribution in [2.75, 3.05) is 7.11 Å². The fourth-order valence-corrected chi connectivity index (χ4v) is 3.02. The number of nitrogens with one attached hydrogen (secondary N) is 1. The molecule has 3 aromatic rings. The van der Waals surface area contributed by atoms with Crippen LogP contribution in [0, 0.1) is 0 Å². The molecule has 0 saturated heterocycles. The van der Waals surface area contributed by atoms with Crippen LogP contribution in [0.2, 0.25) is 5.02 Å². The van der Waals surface area contributed by atoms with Gasteiger partial charge in [-0.1, -0.05) is 23.4 Å². The molecule has 9 heteroatoms. The van der Waals surface area contributed by atoms with Crippen LogP contribution in [0.3, 0.4) is 0 Å². The van der Waals surface area contributed by atoms with Crippen molar-refractivity contribution in [2.24, 2.45) is 0 Å². The standard InChI is InChI=1S/C17H16ClN3O4S/c1-10(13-7-8-14(25-13)16(22)23-2)26-17-19-15(20-21-17)9-24-12-5-3-11(18)4-6-12/h3-8,10H,9H2,1-2H3,(H,19,20,21). The molecule has 1 aromatic carbocycles. The molecule has 0 spiro atoms. The minimum absolute atomic E-state index is 0.0748. The van der Waals surface area contributed by atoms with Crippen LogP contribution in [-0.4, -0.2) is 28.3 Å². The second kappa shape index (κ2) is 8.29. The van der Waals surface area contributed by atoms with Gasteiger partial charge in [-0.3, -0.25) is 5.10 Å². The highest BCUT2D eigenvalue weighted by atomic mass is 35.5. The Morgan fingerprint density at radius 3 is 2.81 bits per heavy atom. The van der Waals surface area contributed by atoms with E-state index in [1.54, 1.807) is 36.4 Å². The monoisotopic (exact) mass is 393 g/mol. The molecule has 0 aliphatic carbocycles. The highest BCUT2D eigenvalue weighted by molar-refractivity contribution is 7.99. The number of aromatic amines is 1. The summed E-state index contributed by atoms with van der Waals surface area (Å²) >= 11 is 7.24. The van der Waals surface area contributed by atoms with Gasteiger partial charge in [0.05, 0.1) is 12.4 Å². The summed E-state index contributed by atoms with van der Waals surface area (Å²) in [7, 11) is 1.31. The molecule has 136 valence electrons. The second-order valence-corrected chi connectivity index (χ2v) is 7.01. The van der Waals surface area contributed by atoms with Crippen molar-refractivity contribution >= 4 is 29.3 Å². The topological polar surface area (TPSA) is 90.2 Å². The number of hydrogen-bond acceptors (Lipinski definition) is 7. The lowest BCUT2D eigenvalue weighted by Gasteiger charge is -2.04. The molecule has 0 aliphatic heterocycles. The van der Waals surface area contributed by atoms with Gasteiger partial charge in [0.25, 0.3) is 0 Å². The highest BCUT2D eigenvalue weighted by Crippen LogP contribution is 2.33. The first-order valence-corrected chi connectivity index (χ1v) is 8.95. The summed E-state index contributed by atoms with van der Waals surface area (Å²) in [5, 5.41) is 8.13. The zero-order valence-electron chi connectivity index (χ0n) is 14.1. The molecule has 0 amide bonds. The highest BCUT2D eigenvalue weighted by Gasteiger charge is 2.18. The van der Waals surface area contributed by atoms with Crippen LogP contribution < -0.4 is 4.74 Å². The third-order valence-electron chi connectivity index (χ3n) is 3.40. The first-order valence-electron chi connectivity index (χ1n) is 7.69. The van der Waals surface area contributed by atoms with Gasteiger partial charge >= 0.3 is 5.97 Å². The molecule has 7 nitrogen and oxygen atoms in total. The van der Waals surface area contributed by atoms with E-state index in [0.29, 0.717) is 27.5 Å². The van der Waals surface area contributed by atoms with Crippen molar-refractivity contribution in [3.05, 3.63) is 58.8 Å². The molecule has 1 atom stereocenters. The quantitative estimate of drug-likeness (QED) is 0.473. The van der Waals surface area contributed by atoms with Gasteiger partial charge in [-0.05, 0) is 43.3 Å². The number of carbonyl (C=O) groups is 1. The molecule has 2 aromatic heterocycles. The average Bonchev–Trinajstić information content (AvgIpc) is 3.30. The van der Waals surface area contributed by atoms with Crippen LogP contribution in [0.4, 0.5) is 0 Å². The Bertz CT molecular complexity index is 878. The Balaban J connectivity index is 1.56. The van der Waals surface area contributed by atoms with Crippen LogP contribution in [0.25, 0.3) is 0 Å². The number of methoxy groups -OCH3 is 1. The minimum atomic E-state index is -0.507. The smallest absolute Gasteiger partial charge is 0.373 e. The average molecular weight is 394 g/mol. The van der Waals surface area contributed by atoms with E-state index in [0.717, 1.165) is 0 Å². The van der Waals surface area contributed by atoms with Gasteiger partial charge in [-0.25, -0.2) is 9.78 Å². The van der Waals surface area contributed by atoms with Crippen LogP contribution in [0.15, 0.2) is 46.0 Å². The molecule has 0 bridgehead atoms. The summed E-state index contributed by atoms with van der Waals surface area (Å²) < 4.78 is 15.7. The van der Waals surface area contributed by atoms with E-state index in [9.17, 15) is 4.79 Å².